The highest BCUT2D eigenvalue weighted by molar-refractivity contribution is 5.80. The summed E-state index contributed by atoms with van der Waals surface area (Å²) in [4.78, 5) is 23.1. The zero-order valence-electron chi connectivity index (χ0n) is 13.4. The van der Waals surface area contributed by atoms with E-state index in [4.69, 9.17) is 10.8 Å². The third-order valence-electron chi connectivity index (χ3n) is 3.04. The summed E-state index contributed by atoms with van der Waals surface area (Å²) in [5.41, 5.74) is 5.61. The summed E-state index contributed by atoms with van der Waals surface area (Å²) in [6.07, 6.45) is 1.30. The molecule has 0 aromatic carbocycles. The van der Waals surface area contributed by atoms with Gasteiger partial charge in [0, 0.05) is 12.6 Å². The van der Waals surface area contributed by atoms with Crippen molar-refractivity contribution in [2.75, 3.05) is 6.54 Å². The Balaban J connectivity index is 4.69. The number of rotatable bonds is 8. The predicted octanol–water partition coefficient (Wildman–Crippen LogP) is 2.00. The lowest BCUT2D eigenvalue weighted by Crippen LogP contribution is -2.44. The van der Waals surface area contributed by atoms with Gasteiger partial charge in [-0.3, -0.25) is 9.59 Å². The number of carboxylic acids is 1. The maximum atomic E-state index is 12.2. The lowest BCUT2D eigenvalue weighted by atomic mass is 9.86. The lowest BCUT2D eigenvalue weighted by molar-refractivity contribution is -0.138. The Morgan fingerprint density at radius 2 is 1.80 bits per heavy atom. The van der Waals surface area contributed by atoms with E-state index in [0.717, 1.165) is 6.42 Å². The number of amides is 1. The molecule has 0 fully saturated rings. The molecule has 1 amide bonds. The molecular formula is C15H30N2O3. The summed E-state index contributed by atoms with van der Waals surface area (Å²) in [6.45, 7) is 10.5. The van der Waals surface area contributed by atoms with Gasteiger partial charge in [0.25, 0.3) is 0 Å². The van der Waals surface area contributed by atoms with E-state index in [1.54, 1.807) is 0 Å². The fraction of sp³-hybridized carbons (Fsp3) is 0.867. The Kier molecular flexibility index (Phi) is 7.79. The molecule has 4 N–H and O–H groups in total. The lowest BCUT2D eigenvalue weighted by Gasteiger charge is -2.27. The van der Waals surface area contributed by atoms with Crippen molar-refractivity contribution in [3.05, 3.63) is 0 Å². The van der Waals surface area contributed by atoms with Crippen LogP contribution < -0.4 is 11.1 Å². The van der Waals surface area contributed by atoms with Gasteiger partial charge >= 0.3 is 5.97 Å². The number of nitrogens with two attached hydrogens (primary N) is 1. The zero-order valence-corrected chi connectivity index (χ0v) is 13.4. The van der Waals surface area contributed by atoms with Crippen molar-refractivity contribution < 1.29 is 14.7 Å². The molecule has 0 aliphatic carbocycles. The minimum Gasteiger partial charge on any atom is -0.481 e. The molecule has 0 saturated carbocycles. The van der Waals surface area contributed by atoms with Crippen molar-refractivity contribution >= 4 is 11.9 Å². The van der Waals surface area contributed by atoms with Gasteiger partial charge in [0.1, 0.15) is 0 Å². The van der Waals surface area contributed by atoms with E-state index in [0.29, 0.717) is 18.9 Å². The molecule has 0 aliphatic heterocycles. The van der Waals surface area contributed by atoms with Crippen LogP contribution in [0.1, 0.15) is 53.9 Å². The average molecular weight is 286 g/mol. The minimum atomic E-state index is -0.896. The molecule has 0 saturated heterocycles. The highest BCUT2D eigenvalue weighted by Crippen LogP contribution is 2.22. The van der Waals surface area contributed by atoms with Crippen molar-refractivity contribution in [2.45, 2.75) is 59.9 Å². The second-order valence-corrected chi connectivity index (χ2v) is 7.13. The van der Waals surface area contributed by atoms with Crippen molar-refractivity contribution in [1.82, 2.24) is 5.32 Å². The first kappa shape index (κ1) is 18.9. The molecule has 0 bridgehead atoms. The first-order valence-electron chi connectivity index (χ1n) is 7.27. The van der Waals surface area contributed by atoms with E-state index in [2.05, 4.69) is 5.32 Å². The number of carboxylic acid groups (broad SMARTS) is 1. The van der Waals surface area contributed by atoms with Crippen LogP contribution in [0.2, 0.25) is 0 Å². The molecule has 5 heteroatoms. The second-order valence-electron chi connectivity index (χ2n) is 7.13. The fourth-order valence-corrected chi connectivity index (χ4v) is 2.32. The van der Waals surface area contributed by atoms with Crippen LogP contribution in [0.25, 0.3) is 0 Å². The Labute approximate surface area is 122 Å². The first-order valence-corrected chi connectivity index (χ1v) is 7.27. The molecule has 0 aliphatic rings. The smallest absolute Gasteiger partial charge is 0.305 e. The Morgan fingerprint density at radius 3 is 2.15 bits per heavy atom. The van der Waals surface area contributed by atoms with E-state index in [1.807, 2.05) is 34.6 Å². The number of hydrogen-bond donors (Lipinski definition) is 3. The van der Waals surface area contributed by atoms with Gasteiger partial charge in [0.2, 0.25) is 5.91 Å². The molecule has 2 atom stereocenters. The van der Waals surface area contributed by atoms with Gasteiger partial charge in [0.05, 0.1) is 12.3 Å². The van der Waals surface area contributed by atoms with Crippen LogP contribution in [0.5, 0.6) is 0 Å². The fourth-order valence-electron chi connectivity index (χ4n) is 2.32. The van der Waals surface area contributed by atoms with Gasteiger partial charge in [-0.2, -0.15) is 0 Å². The number of carbonyl (C=O) groups is 2. The van der Waals surface area contributed by atoms with Crippen LogP contribution in [0.3, 0.4) is 0 Å². The quantitative estimate of drug-likeness (QED) is 0.636. The summed E-state index contributed by atoms with van der Waals surface area (Å²) < 4.78 is 0. The monoisotopic (exact) mass is 286 g/mol. The van der Waals surface area contributed by atoms with Crippen molar-refractivity contribution in [1.29, 1.82) is 0 Å². The van der Waals surface area contributed by atoms with E-state index in [9.17, 15) is 9.59 Å². The molecule has 0 spiro atoms. The summed E-state index contributed by atoms with van der Waals surface area (Å²) in [7, 11) is 0. The SMILES string of the molecule is CC(C)CC(CN)C(=O)NC(CC(=O)O)CC(C)(C)C. The molecular weight excluding hydrogens is 256 g/mol. The topological polar surface area (TPSA) is 92.4 Å². The van der Waals surface area contributed by atoms with E-state index < -0.39 is 5.97 Å². The van der Waals surface area contributed by atoms with Gasteiger partial charge in [-0.15, -0.1) is 0 Å². The van der Waals surface area contributed by atoms with Crippen LogP contribution in [0.15, 0.2) is 0 Å². The van der Waals surface area contributed by atoms with Gasteiger partial charge in [-0.25, -0.2) is 0 Å². The molecule has 2 unspecified atom stereocenters. The molecule has 0 rings (SSSR count). The van der Waals surface area contributed by atoms with E-state index in [-0.39, 0.29) is 29.7 Å². The first-order chi connectivity index (χ1) is 9.05. The zero-order chi connectivity index (χ0) is 15.9. The standard InChI is InChI=1S/C15H30N2O3/c1-10(2)6-11(9-16)14(20)17-12(7-13(18)19)8-15(3,4)5/h10-12H,6-9,16H2,1-5H3,(H,17,20)(H,18,19). The Morgan fingerprint density at radius 1 is 1.25 bits per heavy atom. The van der Waals surface area contributed by atoms with Crippen LogP contribution in [-0.2, 0) is 9.59 Å². The van der Waals surface area contributed by atoms with Crippen LogP contribution in [-0.4, -0.2) is 29.6 Å². The molecule has 0 aromatic rings. The van der Waals surface area contributed by atoms with Crippen LogP contribution >= 0.6 is 0 Å². The summed E-state index contributed by atoms with van der Waals surface area (Å²) in [6, 6.07) is -0.346. The molecule has 118 valence electrons. The molecule has 5 nitrogen and oxygen atoms in total. The molecule has 0 radical (unpaired) electrons. The summed E-state index contributed by atoms with van der Waals surface area (Å²) >= 11 is 0. The third kappa shape index (κ3) is 8.91. The molecule has 20 heavy (non-hydrogen) atoms. The second kappa shape index (κ2) is 8.25. The summed E-state index contributed by atoms with van der Waals surface area (Å²) in [5.74, 6) is -0.884. The van der Waals surface area contributed by atoms with Gasteiger partial charge in [0.15, 0.2) is 0 Å². The van der Waals surface area contributed by atoms with Gasteiger partial charge in [-0.1, -0.05) is 34.6 Å². The van der Waals surface area contributed by atoms with Gasteiger partial charge in [-0.05, 0) is 24.2 Å². The highest BCUT2D eigenvalue weighted by atomic mass is 16.4. The van der Waals surface area contributed by atoms with E-state index >= 15 is 0 Å². The van der Waals surface area contributed by atoms with Crippen molar-refractivity contribution in [2.24, 2.45) is 23.0 Å². The van der Waals surface area contributed by atoms with E-state index in [1.165, 1.54) is 0 Å². The van der Waals surface area contributed by atoms with Crippen LogP contribution in [0.4, 0.5) is 0 Å². The number of carbonyl (C=O) groups excluding carboxylic acids is 1. The third-order valence-corrected chi connectivity index (χ3v) is 3.04. The Bertz CT molecular complexity index is 322. The number of nitrogens with one attached hydrogen (secondary N) is 1. The van der Waals surface area contributed by atoms with Gasteiger partial charge < -0.3 is 16.2 Å². The van der Waals surface area contributed by atoms with Crippen molar-refractivity contribution in [3.63, 3.8) is 0 Å². The highest BCUT2D eigenvalue weighted by Gasteiger charge is 2.26. The van der Waals surface area contributed by atoms with Crippen LogP contribution in [0, 0.1) is 17.3 Å². The Hall–Kier alpha value is -1.10. The number of aliphatic carboxylic acids is 1. The maximum absolute atomic E-state index is 12.2. The number of hydrogen-bond acceptors (Lipinski definition) is 3. The molecule has 0 aromatic heterocycles. The molecule has 0 heterocycles. The summed E-state index contributed by atoms with van der Waals surface area (Å²) in [5, 5.41) is 11.8. The normalized spacial score (nSPS) is 14.9. The van der Waals surface area contributed by atoms with Crippen molar-refractivity contribution in [3.8, 4) is 0 Å². The predicted molar refractivity (Wildman–Crippen MR) is 80.3 cm³/mol. The largest absolute Gasteiger partial charge is 0.481 e. The average Bonchev–Trinajstić information content (AvgIpc) is 2.21. The minimum absolute atomic E-state index is 0.0380. The maximum Gasteiger partial charge on any atom is 0.305 e.